The van der Waals surface area contributed by atoms with Crippen molar-refractivity contribution in [3.8, 4) is 17.2 Å². The van der Waals surface area contributed by atoms with E-state index in [2.05, 4.69) is 5.32 Å². The van der Waals surface area contributed by atoms with E-state index in [4.69, 9.17) is 14.2 Å². The van der Waals surface area contributed by atoms with Gasteiger partial charge < -0.3 is 24.6 Å². The summed E-state index contributed by atoms with van der Waals surface area (Å²) >= 11 is 0. The maximum Gasteiger partial charge on any atom is 0.259 e. The number of hydrogen-bond acceptors (Lipinski definition) is 5. The van der Waals surface area contributed by atoms with Crippen LogP contribution in [0, 0.1) is 5.82 Å². The Balaban J connectivity index is 1.48. The Morgan fingerprint density at radius 1 is 0.933 bits per heavy atom. The molecule has 0 aliphatic heterocycles. The van der Waals surface area contributed by atoms with E-state index in [0.29, 0.717) is 22.7 Å². The lowest BCUT2D eigenvalue weighted by Gasteiger charge is -2.14. The minimum atomic E-state index is -0.936. The number of carbonyl (C=O) groups is 1. The van der Waals surface area contributed by atoms with E-state index in [0.717, 1.165) is 0 Å². The molecule has 0 aliphatic carbocycles. The lowest BCUT2D eigenvalue weighted by molar-refractivity contribution is 0.0613. The number of anilines is 1. The zero-order valence-corrected chi connectivity index (χ0v) is 16.4. The molecule has 0 aliphatic rings. The fraction of sp³-hybridized carbons (Fsp3) is 0.174. The Hall–Kier alpha value is -3.58. The van der Waals surface area contributed by atoms with E-state index in [1.165, 1.54) is 19.2 Å². The van der Waals surface area contributed by atoms with Crippen LogP contribution in [0.2, 0.25) is 0 Å². The molecular formula is C23H22FNO5. The molecule has 0 saturated heterocycles. The highest BCUT2D eigenvalue weighted by atomic mass is 19.1. The predicted molar refractivity (Wildman–Crippen MR) is 111 cm³/mol. The molecule has 3 aromatic rings. The molecule has 0 saturated carbocycles. The van der Waals surface area contributed by atoms with Gasteiger partial charge in [0.25, 0.3) is 5.91 Å². The summed E-state index contributed by atoms with van der Waals surface area (Å²) in [6.45, 7) is -0.130. The van der Waals surface area contributed by atoms with Crippen LogP contribution < -0.4 is 19.5 Å². The number of methoxy groups -OCH3 is 1. The van der Waals surface area contributed by atoms with Crippen LogP contribution in [-0.2, 0) is 0 Å². The molecule has 0 bridgehead atoms. The van der Waals surface area contributed by atoms with Gasteiger partial charge in [0.1, 0.15) is 30.8 Å². The summed E-state index contributed by atoms with van der Waals surface area (Å²) in [7, 11) is 1.51. The molecule has 30 heavy (non-hydrogen) atoms. The Morgan fingerprint density at radius 2 is 1.57 bits per heavy atom. The van der Waals surface area contributed by atoms with Crippen molar-refractivity contribution in [1.29, 1.82) is 0 Å². The number of carbonyl (C=O) groups excluding carboxylic acids is 1. The normalized spacial score (nSPS) is 11.4. The number of nitrogens with one attached hydrogen (secondary N) is 1. The van der Waals surface area contributed by atoms with E-state index >= 15 is 0 Å². The monoisotopic (exact) mass is 411 g/mol. The number of aliphatic hydroxyl groups is 1. The molecule has 1 atom stereocenters. The number of halogens is 1. The molecule has 0 unspecified atom stereocenters. The molecule has 3 rings (SSSR count). The van der Waals surface area contributed by atoms with Crippen LogP contribution in [0.5, 0.6) is 17.2 Å². The van der Waals surface area contributed by atoms with Crippen molar-refractivity contribution in [2.75, 3.05) is 25.6 Å². The molecule has 0 fully saturated rings. The second-order valence-electron chi connectivity index (χ2n) is 6.39. The average Bonchev–Trinajstić information content (AvgIpc) is 2.78. The first kappa shape index (κ1) is 21.1. The Bertz CT molecular complexity index is 977. The Morgan fingerprint density at radius 3 is 2.27 bits per heavy atom. The molecule has 0 heterocycles. The van der Waals surface area contributed by atoms with Gasteiger partial charge in [-0.25, -0.2) is 4.39 Å². The maximum absolute atomic E-state index is 13.5. The third kappa shape index (κ3) is 5.71. The van der Waals surface area contributed by atoms with Crippen LogP contribution in [0.15, 0.2) is 72.8 Å². The van der Waals surface area contributed by atoms with Crippen LogP contribution in [0.3, 0.4) is 0 Å². The number of ether oxygens (including phenoxy) is 3. The quantitative estimate of drug-likeness (QED) is 0.558. The van der Waals surface area contributed by atoms with Gasteiger partial charge in [0.2, 0.25) is 0 Å². The minimum Gasteiger partial charge on any atom is -0.496 e. The topological polar surface area (TPSA) is 77.0 Å². The van der Waals surface area contributed by atoms with E-state index in [9.17, 15) is 14.3 Å². The summed E-state index contributed by atoms with van der Waals surface area (Å²) in [5, 5.41) is 12.8. The van der Waals surface area contributed by atoms with Gasteiger partial charge in [0, 0.05) is 5.69 Å². The van der Waals surface area contributed by atoms with Crippen LogP contribution in [0.4, 0.5) is 10.1 Å². The SMILES string of the molecule is COc1ccccc1C(=O)Nc1ccc(OC[C@@H](O)COc2ccccc2F)cc1. The van der Waals surface area contributed by atoms with Crippen LogP contribution in [0.1, 0.15) is 10.4 Å². The molecule has 6 nitrogen and oxygen atoms in total. The van der Waals surface area contributed by atoms with Gasteiger partial charge in [0.15, 0.2) is 11.6 Å². The van der Waals surface area contributed by atoms with Gasteiger partial charge in [-0.15, -0.1) is 0 Å². The Labute approximate surface area is 173 Å². The lowest BCUT2D eigenvalue weighted by Crippen LogP contribution is -2.25. The smallest absolute Gasteiger partial charge is 0.259 e. The predicted octanol–water partition coefficient (Wildman–Crippen LogP) is 3.91. The largest absolute Gasteiger partial charge is 0.496 e. The number of aliphatic hydroxyl groups excluding tert-OH is 1. The van der Waals surface area contributed by atoms with Gasteiger partial charge in [-0.3, -0.25) is 4.79 Å². The molecular weight excluding hydrogens is 389 g/mol. The number of para-hydroxylation sites is 2. The zero-order chi connectivity index (χ0) is 21.3. The van der Waals surface area contributed by atoms with Gasteiger partial charge in [-0.05, 0) is 48.5 Å². The van der Waals surface area contributed by atoms with Crippen LogP contribution >= 0.6 is 0 Å². The van der Waals surface area contributed by atoms with E-state index in [-0.39, 0.29) is 24.9 Å². The van der Waals surface area contributed by atoms with Crippen molar-refractivity contribution < 1.29 is 28.5 Å². The van der Waals surface area contributed by atoms with Crippen molar-refractivity contribution in [2.45, 2.75) is 6.10 Å². The maximum atomic E-state index is 13.5. The third-order valence-corrected chi connectivity index (χ3v) is 4.17. The second kappa shape index (κ2) is 10.3. The fourth-order valence-corrected chi connectivity index (χ4v) is 2.65. The van der Waals surface area contributed by atoms with Crippen molar-refractivity contribution in [2.24, 2.45) is 0 Å². The number of amides is 1. The first-order valence-corrected chi connectivity index (χ1v) is 9.29. The average molecular weight is 411 g/mol. The second-order valence-corrected chi connectivity index (χ2v) is 6.39. The van der Waals surface area contributed by atoms with E-state index in [1.807, 2.05) is 0 Å². The zero-order valence-electron chi connectivity index (χ0n) is 16.4. The number of hydrogen-bond donors (Lipinski definition) is 2. The summed E-state index contributed by atoms with van der Waals surface area (Å²) in [5.74, 6) is 0.293. The van der Waals surface area contributed by atoms with Crippen molar-refractivity contribution in [3.63, 3.8) is 0 Å². The fourth-order valence-electron chi connectivity index (χ4n) is 2.65. The molecule has 1 amide bonds. The molecule has 0 radical (unpaired) electrons. The summed E-state index contributed by atoms with van der Waals surface area (Å²) in [4.78, 5) is 12.4. The first-order chi connectivity index (χ1) is 14.6. The summed E-state index contributed by atoms with van der Waals surface area (Å²) in [6, 6.07) is 19.6. The standard InChI is InChI=1S/C23H22FNO5/c1-28-21-8-4-2-6-19(21)23(27)25-16-10-12-18(13-11-16)29-14-17(26)15-30-22-9-5-3-7-20(22)24/h2-13,17,26H,14-15H2,1H3,(H,25,27)/t17-/m1/s1. The highest BCUT2D eigenvalue weighted by molar-refractivity contribution is 6.06. The van der Waals surface area contributed by atoms with Gasteiger partial charge >= 0.3 is 0 Å². The lowest BCUT2D eigenvalue weighted by atomic mass is 10.2. The number of rotatable bonds is 9. The van der Waals surface area contributed by atoms with Crippen LogP contribution in [0.25, 0.3) is 0 Å². The van der Waals surface area contributed by atoms with Crippen molar-refractivity contribution in [1.82, 2.24) is 0 Å². The first-order valence-electron chi connectivity index (χ1n) is 9.29. The van der Waals surface area contributed by atoms with Crippen molar-refractivity contribution >= 4 is 11.6 Å². The number of benzene rings is 3. The molecule has 7 heteroatoms. The molecule has 3 aromatic carbocycles. The highest BCUT2D eigenvalue weighted by Crippen LogP contribution is 2.21. The van der Waals surface area contributed by atoms with Gasteiger partial charge in [0.05, 0.1) is 12.7 Å². The van der Waals surface area contributed by atoms with E-state index in [1.54, 1.807) is 60.7 Å². The van der Waals surface area contributed by atoms with Crippen LogP contribution in [-0.4, -0.2) is 37.4 Å². The molecule has 0 spiro atoms. The minimum absolute atomic E-state index is 0.0264. The molecule has 0 aromatic heterocycles. The van der Waals surface area contributed by atoms with Crippen molar-refractivity contribution in [3.05, 3.63) is 84.2 Å². The van der Waals surface area contributed by atoms with E-state index < -0.39 is 11.9 Å². The van der Waals surface area contributed by atoms with Gasteiger partial charge in [-0.1, -0.05) is 24.3 Å². The molecule has 156 valence electrons. The highest BCUT2D eigenvalue weighted by Gasteiger charge is 2.12. The van der Waals surface area contributed by atoms with Gasteiger partial charge in [-0.2, -0.15) is 0 Å². The Kier molecular flexibility index (Phi) is 7.24. The summed E-state index contributed by atoms with van der Waals surface area (Å²) < 4.78 is 29.5. The summed E-state index contributed by atoms with van der Waals surface area (Å²) in [6.07, 6.45) is -0.936. The molecule has 2 N–H and O–H groups in total. The third-order valence-electron chi connectivity index (χ3n) is 4.17. The summed E-state index contributed by atoms with van der Waals surface area (Å²) in [5.41, 5.74) is 1.01.